The lowest BCUT2D eigenvalue weighted by Crippen LogP contribution is -2.28. The molecule has 5 rings (SSSR count). The summed E-state index contributed by atoms with van der Waals surface area (Å²) < 4.78 is 8.95. The Labute approximate surface area is 248 Å². The van der Waals surface area contributed by atoms with Crippen LogP contribution in [0.3, 0.4) is 0 Å². The van der Waals surface area contributed by atoms with Gasteiger partial charge in [0.15, 0.2) is 0 Å². The van der Waals surface area contributed by atoms with Crippen molar-refractivity contribution in [1.29, 1.82) is 0 Å². The van der Waals surface area contributed by atoms with Crippen molar-refractivity contribution in [2.24, 2.45) is 16.3 Å². The number of furan rings is 1. The average molecular weight is 654 g/mol. The zero-order valence-electron chi connectivity index (χ0n) is 23.5. The number of benzene rings is 1. The minimum Gasteiger partial charge on any atom is -0.467 e. The third-order valence-electron chi connectivity index (χ3n) is 7.91. The van der Waals surface area contributed by atoms with Crippen molar-refractivity contribution in [3.8, 4) is 5.69 Å². The Morgan fingerprint density at radius 3 is 2.72 bits per heavy atom. The van der Waals surface area contributed by atoms with Crippen LogP contribution < -0.4 is 5.32 Å². The highest BCUT2D eigenvalue weighted by Gasteiger charge is 2.33. The second-order valence-corrected chi connectivity index (χ2v) is 13.9. The molecule has 0 radical (unpaired) electrons. The first-order valence-corrected chi connectivity index (χ1v) is 15.4. The number of carbonyl (C=O) groups excluding carboxylic acids is 1. The molecule has 1 amide bonds. The maximum atomic E-state index is 13.5. The standard InChI is InChI=1S/C32H36IN3O2S/c1-19-9-11-24(16-27(19)33)36-20(2)14-22(21(36)3)17-35-31-29(30(37)34-18-25-8-7-13-38-25)26-12-10-23(32(4,5)6)15-28(26)39-31/h7-9,11,13-14,16-17,23H,10,12,15,18H2,1-6H3,(H,34,37)/t23-/m1/s1. The van der Waals surface area contributed by atoms with Gasteiger partial charge in [-0.25, -0.2) is 4.99 Å². The zero-order chi connectivity index (χ0) is 27.9. The van der Waals surface area contributed by atoms with Gasteiger partial charge in [-0.15, -0.1) is 11.3 Å². The lowest BCUT2D eigenvalue weighted by Gasteiger charge is -2.33. The van der Waals surface area contributed by atoms with Gasteiger partial charge in [0, 0.05) is 37.3 Å². The fourth-order valence-corrected chi connectivity index (χ4v) is 7.24. The van der Waals surface area contributed by atoms with Crippen LogP contribution in [0.5, 0.6) is 0 Å². The number of rotatable bonds is 6. The van der Waals surface area contributed by atoms with E-state index < -0.39 is 0 Å². The van der Waals surface area contributed by atoms with Crippen molar-refractivity contribution in [3.63, 3.8) is 0 Å². The molecule has 1 atom stereocenters. The van der Waals surface area contributed by atoms with Crippen molar-refractivity contribution in [1.82, 2.24) is 9.88 Å². The van der Waals surface area contributed by atoms with E-state index in [0.717, 1.165) is 58.2 Å². The molecule has 1 aliphatic carbocycles. The molecule has 1 aromatic carbocycles. The molecule has 0 saturated carbocycles. The van der Waals surface area contributed by atoms with Crippen molar-refractivity contribution < 1.29 is 9.21 Å². The van der Waals surface area contributed by atoms with Gasteiger partial charge in [0.25, 0.3) is 5.91 Å². The highest BCUT2D eigenvalue weighted by atomic mass is 127. The molecule has 7 heteroatoms. The summed E-state index contributed by atoms with van der Waals surface area (Å²) in [6, 6.07) is 12.4. The molecular formula is C32H36IN3O2S. The Kier molecular flexibility index (Phi) is 7.93. The van der Waals surface area contributed by atoms with Crippen molar-refractivity contribution in [2.45, 2.75) is 67.3 Å². The largest absolute Gasteiger partial charge is 0.467 e. The normalized spacial score (nSPS) is 15.6. The second kappa shape index (κ2) is 11.1. The number of carbonyl (C=O) groups is 1. The quantitative estimate of drug-likeness (QED) is 0.168. The Bertz CT molecular complexity index is 1540. The van der Waals surface area contributed by atoms with Gasteiger partial charge in [-0.1, -0.05) is 26.8 Å². The maximum Gasteiger partial charge on any atom is 0.255 e. The summed E-state index contributed by atoms with van der Waals surface area (Å²) in [7, 11) is 0. The van der Waals surface area contributed by atoms with Gasteiger partial charge in [-0.3, -0.25) is 4.79 Å². The summed E-state index contributed by atoms with van der Waals surface area (Å²) in [5.41, 5.74) is 7.91. The van der Waals surface area contributed by atoms with Gasteiger partial charge < -0.3 is 14.3 Å². The number of aliphatic imine (C=N–C) groups is 1. The number of hydrogen-bond donors (Lipinski definition) is 1. The summed E-state index contributed by atoms with van der Waals surface area (Å²) >= 11 is 4.07. The van der Waals surface area contributed by atoms with E-state index in [2.05, 4.69) is 98.3 Å². The fraction of sp³-hybridized carbons (Fsp3) is 0.375. The third-order valence-corrected chi connectivity index (χ3v) is 10.2. The minimum absolute atomic E-state index is 0.0787. The number of fused-ring (bicyclic) bond motifs is 1. The number of aryl methyl sites for hydroxylation is 2. The molecule has 4 aromatic rings. The molecular weight excluding hydrogens is 617 g/mol. The van der Waals surface area contributed by atoms with E-state index in [1.54, 1.807) is 17.6 Å². The maximum absolute atomic E-state index is 13.5. The van der Waals surface area contributed by atoms with E-state index in [4.69, 9.17) is 9.41 Å². The average Bonchev–Trinajstić information content (AvgIpc) is 3.60. The van der Waals surface area contributed by atoms with Crippen LogP contribution in [0.1, 0.15) is 76.3 Å². The highest BCUT2D eigenvalue weighted by molar-refractivity contribution is 14.1. The van der Waals surface area contributed by atoms with Gasteiger partial charge in [0.2, 0.25) is 0 Å². The fourth-order valence-electron chi connectivity index (χ4n) is 5.47. The van der Waals surface area contributed by atoms with Crippen molar-refractivity contribution >= 4 is 51.1 Å². The zero-order valence-corrected chi connectivity index (χ0v) is 26.5. The highest BCUT2D eigenvalue weighted by Crippen LogP contribution is 2.45. The van der Waals surface area contributed by atoms with Crippen molar-refractivity contribution in [3.05, 3.63) is 90.5 Å². The summed E-state index contributed by atoms with van der Waals surface area (Å²) in [6.07, 6.45) is 6.56. The first-order valence-electron chi connectivity index (χ1n) is 13.5. The van der Waals surface area contributed by atoms with Crippen LogP contribution in [-0.2, 0) is 19.4 Å². The van der Waals surface area contributed by atoms with Gasteiger partial charge in [-0.05, 0) is 115 Å². The molecule has 5 nitrogen and oxygen atoms in total. The molecule has 0 saturated heterocycles. The SMILES string of the molecule is Cc1ccc(-n2c(C)cc(C=Nc3sc4c(c3C(=O)NCc3ccco3)CC[C@@H](C(C)(C)C)C4)c2C)cc1I. The molecule has 0 unspecified atom stereocenters. The van der Waals surface area contributed by atoms with E-state index in [0.29, 0.717) is 12.5 Å². The minimum atomic E-state index is -0.0787. The van der Waals surface area contributed by atoms with Crippen LogP contribution in [0.2, 0.25) is 0 Å². The van der Waals surface area contributed by atoms with Gasteiger partial charge in [0.05, 0.1) is 18.4 Å². The predicted octanol–water partition coefficient (Wildman–Crippen LogP) is 8.49. The summed E-state index contributed by atoms with van der Waals surface area (Å²) in [4.78, 5) is 19.8. The Morgan fingerprint density at radius 1 is 1.23 bits per heavy atom. The van der Waals surface area contributed by atoms with Crippen LogP contribution in [0.4, 0.5) is 5.00 Å². The summed E-state index contributed by atoms with van der Waals surface area (Å²) in [5, 5.41) is 3.86. The molecule has 0 bridgehead atoms. The number of nitrogens with one attached hydrogen (secondary N) is 1. The van der Waals surface area contributed by atoms with E-state index in [-0.39, 0.29) is 11.3 Å². The van der Waals surface area contributed by atoms with Gasteiger partial charge in [0.1, 0.15) is 10.8 Å². The van der Waals surface area contributed by atoms with E-state index >= 15 is 0 Å². The Balaban J connectivity index is 1.49. The van der Waals surface area contributed by atoms with Gasteiger partial charge >= 0.3 is 0 Å². The molecule has 1 aliphatic rings. The number of thiophene rings is 1. The van der Waals surface area contributed by atoms with Crippen LogP contribution >= 0.6 is 33.9 Å². The third kappa shape index (κ3) is 5.80. The number of halogens is 1. The number of aromatic nitrogens is 1. The molecule has 0 fully saturated rings. The molecule has 0 aliphatic heterocycles. The smallest absolute Gasteiger partial charge is 0.255 e. The van der Waals surface area contributed by atoms with E-state index in [1.165, 1.54) is 19.6 Å². The molecule has 3 heterocycles. The van der Waals surface area contributed by atoms with E-state index in [9.17, 15) is 4.79 Å². The Hall–Kier alpha value is -2.65. The van der Waals surface area contributed by atoms with Crippen LogP contribution in [0.25, 0.3) is 5.69 Å². The first-order chi connectivity index (χ1) is 18.5. The molecule has 1 N–H and O–H groups in total. The monoisotopic (exact) mass is 653 g/mol. The number of hydrogen-bond acceptors (Lipinski definition) is 4. The van der Waals surface area contributed by atoms with E-state index in [1.807, 2.05) is 18.3 Å². The molecule has 204 valence electrons. The number of amides is 1. The molecule has 39 heavy (non-hydrogen) atoms. The summed E-state index contributed by atoms with van der Waals surface area (Å²) in [6.45, 7) is 13.7. The summed E-state index contributed by atoms with van der Waals surface area (Å²) in [5.74, 6) is 1.25. The van der Waals surface area contributed by atoms with Crippen LogP contribution in [0.15, 0.2) is 52.1 Å². The lowest BCUT2D eigenvalue weighted by molar-refractivity contribution is 0.0947. The van der Waals surface area contributed by atoms with Crippen molar-refractivity contribution in [2.75, 3.05) is 0 Å². The molecule has 0 spiro atoms. The number of nitrogens with zero attached hydrogens (tertiary/aromatic N) is 2. The van der Waals surface area contributed by atoms with Crippen LogP contribution in [0, 0.1) is 35.7 Å². The predicted molar refractivity (Wildman–Crippen MR) is 169 cm³/mol. The Morgan fingerprint density at radius 2 is 2.03 bits per heavy atom. The van der Waals surface area contributed by atoms with Crippen LogP contribution in [-0.4, -0.2) is 16.7 Å². The topological polar surface area (TPSA) is 59.5 Å². The van der Waals surface area contributed by atoms with Gasteiger partial charge in [-0.2, -0.15) is 0 Å². The molecule has 3 aromatic heterocycles. The lowest BCUT2D eigenvalue weighted by atomic mass is 9.72. The second-order valence-electron chi connectivity index (χ2n) is 11.6. The first kappa shape index (κ1) is 27.9.